The predicted molar refractivity (Wildman–Crippen MR) is 117 cm³/mol. The molecule has 2 aromatic rings. The number of carbonyl (C=O) groups excluding carboxylic acids is 3. The molecule has 0 radical (unpaired) electrons. The zero-order valence-corrected chi connectivity index (χ0v) is 18.6. The summed E-state index contributed by atoms with van der Waals surface area (Å²) in [6.07, 6.45) is 2.15. The van der Waals surface area contributed by atoms with E-state index in [1.165, 1.54) is 10.0 Å². The van der Waals surface area contributed by atoms with Crippen LogP contribution in [0.5, 0.6) is 0 Å². The molecular weight excluding hydrogens is 394 g/mol. The molecule has 0 atom stereocenters. The van der Waals surface area contributed by atoms with Gasteiger partial charge in [-0.1, -0.05) is 20.8 Å². The average Bonchev–Trinajstić information content (AvgIpc) is 3.46. The van der Waals surface area contributed by atoms with Crippen LogP contribution in [0.1, 0.15) is 66.6 Å². The fourth-order valence-electron chi connectivity index (χ4n) is 4.05. The number of aryl methyl sites for hydroxylation is 1. The Hall–Kier alpha value is -3.16. The second kappa shape index (κ2) is 7.83. The van der Waals surface area contributed by atoms with Crippen molar-refractivity contribution in [1.82, 2.24) is 19.8 Å². The van der Waals surface area contributed by atoms with Gasteiger partial charge in [-0.25, -0.2) is 10.0 Å². The lowest BCUT2D eigenvalue weighted by Crippen LogP contribution is -2.45. The molecular formula is C23H29N5O3. The summed E-state index contributed by atoms with van der Waals surface area (Å²) in [6.45, 7) is 7.83. The lowest BCUT2D eigenvalue weighted by Gasteiger charge is -2.28. The molecule has 2 aliphatic heterocycles. The molecule has 8 heteroatoms. The highest BCUT2D eigenvalue weighted by atomic mass is 16.2. The minimum absolute atomic E-state index is 0.112. The first-order valence-electron chi connectivity index (χ1n) is 10.8. The number of benzene rings is 1. The van der Waals surface area contributed by atoms with E-state index in [0.717, 1.165) is 24.2 Å². The number of aromatic nitrogens is 2. The smallest absolute Gasteiger partial charge is 0.290 e. The maximum atomic E-state index is 13.2. The highest BCUT2D eigenvalue weighted by Crippen LogP contribution is 2.25. The number of anilines is 1. The van der Waals surface area contributed by atoms with Gasteiger partial charge in [0, 0.05) is 49.8 Å². The Morgan fingerprint density at radius 1 is 0.935 bits per heavy atom. The molecule has 0 N–H and O–H groups in total. The van der Waals surface area contributed by atoms with Crippen LogP contribution in [0.25, 0.3) is 0 Å². The minimum Gasteiger partial charge on any atom is -0.312 e. The molecule has 1 aromatic heterocycles. The number of carbonyl (C=O) groups is 3. The predicted octanol–water partition coefficient (Wildman–Crippen LogP) is 2.75. The van der Waals surface area contributed by atoms with Crippen molar-refractivity contribution in [2.24, 2.45) is 7.05 Å². The minimum atomic E-state index is -0.226. The van der Waals surface area contributed by atoms with Gasteiger partial charge in [-0.3, -0.25) is 19.1 Å². The molecule has 0 unspecified atom stereocenters. The number of amides is 3. The van der Waals surface area contributed by atoms with Gasteiger partial charge in [-0.05, 0) is 43.2 Å². The Labute approximate surface area is 182 Å². The SMILES string of the molecule is Cn1nc(C(C)(C)C)cc1C(=O)N1CCCN1C(=O)c1ccc(N2CCCC2=O)cc1. The summed E-state index contributed by atoms with van der Waals surface area (Å²) in [6, 6.07) is 8.87. The molecule has 2 saturated heterocycles. The maximum absolute atomic E-state index is 13.2. The second-order valence-electron chi connectivity index (χ2n) is 9.19. The number of nitrogens with zero attached hydrogens (tertiary/aromatic N) is 5. The molecule has 2 aliphatic rings. The normalized spacial score (nSPS) is 17.0. The molecule has 4 rings (SSSR count). The van der Waals surface area contributed by atoms with Crippen molar-refractivity contribution >= 4 is 23.4 Å². The van der Waals surface area contributed by atoms with E-state index in [2.05, 4.69) is 25.9 Å². The third kappa shape index (κ3) is 3.94. The highest BCUT2D eigenvalue weighted by molar-refractivity contribution is 6.00. The van der Waals surface area contributed by atoms with Gasteiger partial charge in [-0.2, -0.15) is 5.10 Å². The lowest BCUT2D eigenvalue weighted by atomic mass is 9.92. The van der Waals surface area contributed by atoms with Crippen molar-refractivity contribution in [1.29, 1.82) is 0 Å². The second-order valence-corrected chi connectivity index (χ2v) is 9.19. The highest BCUT2D eigenvalue weighted by Gasteiger charge is 2.34. The summed E-state index contributed by atoms with van der Waals surface area (Å²) in [5.74, 6) is -0.333. The van der Waals surface area contributed by atoms with Crippen LogP contribution in [0.15, 0.2) is 30.3 Å². The quantitative estimate of drug-likeness (QED) is 0.761. The lowest BCUT2D eigenvalue weighted by molar-refractivity contribution is -0.117. The summed E-state index contributed by atoms with van der Waals surface area (Å²) < 4.78 is 1.59. The summed E-state index contributed by atoms with van der Waals surface area (Å²) in [4.78, 5) is 40.1. The zero-order chi connectivity index (χ0) is 22.3. The van der Waals surface area contributed by atoms with Crippen LogP contribution in [0, 0.1) is 0 Å². The van der Waals surface area contributed by atoms with Crippen molar-refractivity contribution in [2.75, 3.05) is 24.5 Å². The summed E-state index contributed by atoms with van der Waals surface area (Å²) in [7, 11) is 1.75. The van der Waals surface area contributed by atoms with Gasteiger partial charge in [0.05, 0.1) is 5.69 Å². The number of hydrazine groups is 1. The molecule has 3 heterocycles. The Kier molecular flexibility index (Phi) is 5.33. The average molecular weight is 424 g/mol. The Balaban J connectivity index is 1.53. The van der Waals surface area contributed by atoms with Crippen molar-refractivity contribution in [3.63, 3.8) is 0 Å². The fourth-order valence-corrected chi connectivity index (χ4v) is 4.05. The van der Waals surface area contributed by atoms with Crippen LogP contribution >= 0.6 is 0 Å². The molecule has 8 nitrogen and oxygen atoms in total. The summed E-state index contributed by atoms with van der Waals surface area (Å²) in [5.41, 5.74) is 2.43. The van der Waals surface area contributed by atoms with Gasteiger partial charge < -0.3 is 4.90 Å². The van der Waals surface area contributed by atoms with E-state index in [1.807, 2.05) is 6.07 Å². The largest absolute Gasteiger partial charge is 0.312 e. The van der Waals surface area contributed by atoms with Crippen LogP contribution in [0.3, 0.4) is 0 Å². The van der Waals surface area contributed by atoms with Crippen molar-refractivity contribution < 1.29 is 14.4 Å². The van der Waals surface area contributed by atoms with Gasteiger partial charge in [0.15, 0.2) is 0 Å². The van der Waals surface area contributed by atoms with Crippen LogP contribution in [-0.4, -0.2) is 57.2 Å². The zero-order valence-electron chi connectivity index (χ0n) is 18.6. The molecule has 0 aliphatic carbocycles. The number of hydrogen-bond donors (Lipinski definition) is 0. The van der Waals surface area contributed by atoms with Crippen LogP contribution in [-0.2, 0) is 17.3 Å². The van der Waals surface area contributed by atoms with Gasteiger partial charge in [-0.15, -0.1) is 0 Å². The molecule has 1 aromatic carbocycles. The number of hydrogen-bond acceptors (Lipinski definition) is 4. The van der Waals surface area contributed by atoms with E-state index in [4.69, 9.17) is 0 Å². The Bertz CT molecular complexity index is 1020. The van der Waals surface area contributed by atoms with E-state index >= 15 is 0 Å². The summed E-state index contributed by atoms with van der Waals surface area (Å²) >= 11 is 0. The maximum Gasteiger partial charge on any atom is 0.290 e. The van der Waals surface area contributed by atoms with Crippen LogP contribution in [0.2, 0.25) is 0 Å². The molecule has 2 fully saturated rings. The first-order valence-corrected chi connectivity index (χ1v) is 10.8. The fraction of sp³-hybridized carbons (Fsp3) is 0.478. The van der Waals surface area contributed by atoms with E-state index in [1.54, 1.807) is 40.9 Å². The van der Waals surface area contributed by atoms with Crippen molar-refractivity contribution in [2.45, 2.75) is 45.4 Å². The molecule has 0 spiro atoms. The molecule has 164 valence electrons. The Morgan fingerprint density at radius 3 is 2.13 bits per heavy atom. The van der Waals surface area contributed by atoms with Gasteiger partial charge >= 0.3 is 0 Å². The molecule has 31 heavy (non-hydrogen) atoms. The van der Waals surface area contributed by atoms with E-state index in [-0.39, 0.29) is 23.1 Å². The van der Waals surface area contributed by atoms with Crippen LogP contribution in [0.4, 0.5) is 5.69 Å². The molecule has 3 amide bonds. The van der Waals surface area contributed by atoms with Crippen LogP contribution < -0.4 is 4.90 Å². The molecule has 0 bridgehead atoms. The molecule has 0 saturated carbocycles. The first kappa shape index (κ1) is 21.1. The van der Waals surface area contributed by atoms with E-state index in [0.29, 0.717) is 37.3 Å². The van der Waals surface area contributed by atoms with Crippen molar-refractivity contribution in [3.05, 3.63) is 47.3 Å². The van der Waals surface area contributed by atoms with Gasteiger partial charge in [0.1, 0.15) is 5.69 Å². The monoisotopic (exact) mass is 423 g/mol. The van der Waals surface area contributed by atoms with Gasteiger partial charge in [0.2, 0.25) is 5.91 Å². The van der Waals surface area contributed by atoms with Crippen molar-refractivity contribution in [3.8, 4) is 0 Å². The van der Waals surface area contributed by atoms with E-state index in [9.17, 15) is 14.4 Å². The van der Waals surface area contributed by atoms with E-state index < -0.39 is 0 Å². The third-order valence-corrected chi connectivity index (χ3v) is 5.87. The summed E-state index contributed by atoms with van der Waals surface area (Å²) in [5, 5.41) is 7.52. The first-order chi connectivity index (χ1) is 14.7. The topological polar surface area (TPSA) is 78.8 Å². The third-order valence-electron chi connectivity index (χ3n) is 5.87. The number of rotatable bonds is 3. The Morgan fingerprint density at radius 2 is 1.58 bits per heavy atom. The standard InChI is InChI=1S/C23H29N5O3/c1-23(2,3)19-15-18(25(4)24-19)22(31)28-14-6-13-27(28)21(30)16-8-10-17(11-9-16)26-12-5-7-20(26)29/h8-11,15H,5-7,12-14H2,1-4H3. The van der Waals surface area contributed by atoms with Gasteiger partial charge in [0.25, 0.3) is 11.8 Å².